The number of aromatic amines is 1. The summed E-state index contributed by atoms with van der Waals surface area (Å²) in [5, 5.41) is 5.98. The first-order valence-corrected chi connectivity index (χ1v) is 7.82. The zero-order valence-electron chi connectivity index (χ0n) is 13.2. The third-order valence-electron chi connectivity index (χ3n) is 4.01. The number of aromatic nitrogens is 1. The largest absolute Gasteiger partial charge is 0.400 e. The molecule has 0 aromatic carbocycles. The minimum atomic E-state index is 0.528. The molecule has 5 N–H and O–H groups in total. The summed E-state index contributed by atoms with van der Waals surface area (Å²) < 4.78 is 0. The Morgan fingerprint density at radius 2 is 2.23 bits per heavy atom. The van der Waals surface area contributed by atoms with Gasteiger partial charge < -0.3 is 21.4 Å². The molecule has 118 valence electrons. The molecular formula is C17H25N5. The van der Waals surface area contributed by atoms with Gasteiger partial charge >= 0.3 is 0 Å². The molecule has 5 heteroatoms. The number of fused-ring (bicyclic) bond motifs is 1. The Labute approximate surface area is 132 Å². The van der Waals surface area contributed by atoms with Gasteiger partial charge in [-0.05, 0) is 26.0 Å². The number of hydrogen-bond donors (Lipinski definition) is 4. The molecule has 2 aliphatic rings. The van der Waals surface area contributed by atoms with Gasteiger partial charge in [-0.2, -0.15) is 0 Å². The fraction of sp³-hybridized carbons (Fsp3) is 0.471. The second-order valence-electron chi connectivity index (χ2n) is 5.54. The lowest BCUT2D eigenvalue weighted by molar-refractivity contribution is 0.400. The van der Waals surface area contributed by atoms with Crippen molar-refractivity contribution < 1.29 is 0 Å². The molecule has 3 rings (SSSR count). The van der Waals surface area contributed by atoms with Crippen LogP contribution in [0.25, 0.3) is 5.70 Å². The van der Waals surface area contributed by atoms with Crippen molar-refractivity contribution in [1.82, 2.24) is 15.6 Å². The molecule has 22 heavy (non-hydrogen) atoms. The summed E-state index contributed by atoms with van der Waals surface area (Å²) in [6.45, 7) is 0.667. The monoisotopic (exact) mass is 299 g/mol. The maximum atomic E-state index is 6.34. The average Bonchev–Trinajstić information content (AvgIpc) is 3.05. The Morgan fingerprint density at radius 1 is 1.45 bits per heavy atom. The van der Waals surface area contributed by atoms with Crippen molar-refractivity contribution in [3.8, 4) is 12.3 Å². The van der Waals surface area contributed by atoms with Gasteiger partial charge in [-0.25, -0.2) is 4.99 Å². The van der Waals surface area contributed by atoms with E-state index in [9.17, 15) is 0 Å². The van der Waals surface area contributed by atoms with Gasteiger partial charge in [0.15, 0.2) is 0 Å². The van der Waals surface area contributed by atoms with Crippen molar-refractivity contribution in [2.24, 2.45) is 16.6 Å². The van der Waals surface area contributed by atoms with E-state index in [1.54, 1.807) is 6.34 Å². The molecule has 0 unspecified atom stereocenters. The van der Waals surface area contributed by atoms with Gasteiger partial charge in [-0.1, -0.05) is 25.2 Å². The first-order chi connectivity index (χ1) is 10.8. The Bertz CT molecular complexity index is 570. The zero-order chi connectivity index (χ0) is 15.8. The van der Waals surface area contributed by atoms with Gasteiger partial charge in [-0.15, -0.1) is 6.42 Å². The van der Waals surface area contributed by atoms with E-state index in [-0.39, 0.29) is 0 Å². The fourth-order valence-corrected chi connectivity index (χ4v) is 2.87. The van der Waals surface area contributed by atoms with Gasteiger partial charge in [0.2, 0.25) is 0 Å². The van der Waals surface area contributed by atoms with E-state index in [2.05, 4.69) is 26.5 Å². The number of hydrogen-bond acceptors (Lipinski definition) is 4. The van der Waals surface area contributed by atoms with Crippen LogP contribution in [-0.2, 0) is 0 Å². The predicted octanol–water partition coefficient (Wildman–Crippen LogP) is 2.32. The normalized spacial score (nSPS) is 19.3. The minimum Gasteiger partial charge on any atom is -0.400 e. The van der Waals surface area contributed by atoms with Crippen LogP contribution < -0.4 is 16.4 Å². The number of allylic oxidation sites excluding steroid dienone is 1. The van der Waals surface area contributed by atoms with Crippen molar-refractivity contribution in [1.29, 1.82) is 0 Å². The number of nitrogens with one attached hydrogen (secondary N) is 3. The first kappa shape index (κ1) is 16.2. The summed E-state index contributed by atoms with van der Waals surface area (Å²) in [5.41, 5.74) is 9.47. The minimum absolute atomic E-state index is 0.528. The molecule has 1 aromatic heterocycles. The summed E-state index contributed by atoms with van der Waals surface area (Å²) in [6.07, 6.45) is 14.8. The lowest BCUT2D eigenvalue weighted by Crippen LogP contribution is -2.24. The maximum absolute atomic E-state index is 6.34. The molecule has 0 saturated heterocycles. The van der Waals surface area contributed by atoms with Crippen LogP contribution in [-0.4, -0.2) is 24.9 Å². The van der Waals surface area contributed by atoms with E-state index in [1.165, 1.54) is 32.1 Å². The van der Waals surface area contributed by atoms with Crippen LogP contribution in [0.2, 0.25) is 0 Å². The van der Waals surface area contributed by atoms with Gasteiger partial charge in [0.05, 0.1) is 18.6 Å². The molecule has 1 aliphatic heterocycles. The van der Waals surface area contributed by atoms with Crippen molar-refractivity contribution in [3.05, 3.63) is 23.5 Å². The van der Waals surface area contributed by atoms with Crippen LogP contribution >= 0.6 is 0 Å². The molecule has 1 saturated carbocycles. The topological polar surface area (TPSA) is 78.2 Å². The third-order valence-corrected chi connectivity index (χ3v) is 4.01. The van der Waals surface area contributed by atoms with Crippen molar-refractivity contribution in [3.63, 3.8) is 0 Å². The van der Waals surface area contributed by atoms with Gasteiger partial charge in [-0.3, -0.25) is 0 Å². The lowest BCUT2D eigenvalue weighted by Gasteiger charge is -2.25. The maximum Gasteiger partial charge on any atom is 0.141 e. The molecule has 0 spiro atoms. The Hall–Kier alpha value is -2.19. The molecule has 0 amide bonds. The molecule has 2 heterocycles. The standard InChI is InChI=1S/C13H18N4.C4H7N/c14-11(9-4-2-1-3-5-9)12-10-6-7-15-13(10)17-8-16-12;1-3-4-5-2/h6-9,15H,1-5,14H2,(H,16,17);1,5H,4H2,2H3/b12-11-;. The number of aliphatic imine (C=N–C) groups is 1. The van der Waals surface area contributed by atoms with E-state index < -0.39 is 0 Å². The summed E-state index contributed by atoms with van der Waals surface area (Å²) in [7, 11) is 1.82. The summed E-state index contributed by atoms with van der Waals surface area (Å²) >= 11 is 0. The molecule has 5 nitrogen and oxygen atoms in total. The Kier molecular flexibility index (Phi) is 6.11. The van der Waals surface area contributed by atoms with Crippen molar-refractivity contribution >= 4 is 17.9 Å². The second-order valence-corrected chi connectivity index (χ2v) is 5.54. The quantitative estimate of drug-likeness (QED) is 0.633. The Morgan fingerprint density at radius 3 is 2.86 bits per heavy atom. The second kappa shape index (κ2) is 8.30. The van der Waals surface area contributed by atoms with Crippen LogP contribution in [0, 0.1) is 18.3 Å². The Balaban J connectivity index is 0.000000309. The summed E-state index contributed by atoms with van der Waals surface area (Å²) in [4.78, 5) is 7.37. The van der Waals surface area contributed by atoms with Crippen molar-refractivity contribution in [2.45, 2.75) is 32.1 Å². The van der Waals surface area contributed by atoms with E-state index in [4.69, 9.17) is 12.2 Å². The number of H-pyrrole nitrogens is 1. The molecular weight excluding hydrogens is 274 g/mol. The number of rotatable bonds is 2. The van der Waals surface area contributed by atoms with Crippen molar-refractivity contribution in [2.75, 3.05) is 13.6 Å². The van der Waals surface area contributed by atoms with Crippen LogP contribution in [0.1, 0.15) is 37.7 Å². The third kappa shape index (κ3) is 3.92. The van der Waals surface area contributed by atoms with Crippen LogP contribution in [0.5, 0.6) is 0 Å². The first-order valence-electron chi connectivity index (χ1n) is 7.82. The summed E-state index contributed by atoms with van der Waals surface area (Å²) in [6, 6.07) is 2.03. The van der Waals surface area contributed by atoms with Gasteiger partial charge in [0.1, 0.15) is 5.82 Å². The molecule has 1 aromatic rings. The molecule has 0 atom stereocenters. The van der Waals surface area contributed by atoms with Gasteiger partial charge in [0.25, 0.3) is 0 Å². The molecule has 1 aliphatic carbocycles. The molecule has 0 radical (unpaired) electrons. The average molecular weight is 299 g/mol. The predicted molar refractivity (Wildman–Crippen MR) is 92.5 cm³/mol. The van der Waals surface area contributed by atoms with Crippen LogP contribution in [0.4, 0.5) is 5.82 Å². The van der Waals surface area contributed by atoms with Crippen LogP contribution in [0.3, 0.4) is 0 Å². The number of nitrogens with zero attached hydrogens (tertiary/aromatic N) is 1. The highest BCUT2D eigenvalue weighted by molar-refractivity contribution is 5.87. The number of nitrogens with two attached hydrogens (primary N) is 1. The highest BCUT2D eigenvalue weighted by atomic mass is 15.0. The van der Waals surface area contributed by atoms with E-state index in [0.717, 1.165) is 22.8 Å². The molecule has 1 fully saturated rings. The zero-order valence-corrected chi connectivity index (χ0v) is 13.2. The highest BCUT2D eigenvalue weighted by Crippen LogP contribution is 2.33. The number of terminal acetylenes is 1. The highest BCUT2D eigenvalue weighted by Gasteiger charge is 2.22. The van der Waals surface area contributed by atoms with Crippen LogP contribution in [0.15, 0.2) is 23.0 Å². The van der Waals surface area contributed by atoms with E-state index >= 15 is 0 Å². The molecule has 0 bridgehead atoms. The smallest absolute Gasteiger partial charge is 0.141 e. The van der Waals surface area contributed by atoms with E-state index in [0.29, 0.717) is 12.5 Å². The SMILES string of the molecule is C#CCNC.N/C(=C1\NC=Nc2[nH]ccc21)C1CCCCC1. The fourth-order valence-electron chi connectivity index (χ4n) is 2.87. The lowest BCUT2D eigenvalue weighted by atomic mass is 9.85. The summed E-state index contributed by atoms with van der Waals surface area (Å²) in [5.74, 6) is 3.83. The van der Waals surface area contributed by atoms with E-state index in [1.807, 2.05) is 19.3 Å². The van der Waals surface area contributed by atoms with Gasteiger partial charge in [0, 0.05) is 23.4 Å².